The Bertz CT molecular complexity index is 1020. The van der Waals surface area contributed by atoms with Crippen LogP contribution in [-0.4, -0.2) is 58.9 Å². The molecule has 1 aromatic heterocycles. The van der Waals surface area contributed by atoms with E-state index in [1.54, 1.807) is 6.07 Å². The molecule has 1 amide bonds. The lowest BCUT2D eigenvalue weighted by Gasteiger charge is -2.50. The fraction of sp³-hybridized carbons (Fsp3) is 0.500. The predicted octanol–water partition coefficient (Wildman–Crippen LogP) is 4.43. The van der Waals surface area contributed by atoms with Gasteiger partial charge < -0.3 is 9.47 Å². The molecule has 1 saturated heterocycles. The second-order valence-corrected chi connectivity index (χ2v) is 9.10. The molecule has 0 saturated carbocycles. The summed E-state index contributed by atoms with van der Waals surface area (Å²) in [6.07, 6.45) is -3.70. The third-order valence-electron chi connectivity index (χ3n) is 7.04. The van der Waals surface area contributed by atoms with E-state index in [0.29, 0.717) is 50.5 Å². The van der Waals surface area contributed by atoms with Gasteiger partial charge in [-0.15, -0.1) is 0 Å². The summed E-state index contributed by atoms with van der Waals surface area (Å²) in [4.78, 5) is 28.9. The SMILES string of the molecule is CC(C)c1ccc(C(=O)N2CCC3(CC2)c2ccc(C(=O)C(F)(F)F)n2CCN3C)cc1. The number of aromatic nitrogens is 1. The maximum atomic E-state index is 13.0. The number of benzene rings is 1. The summed E-state index contributed by atoms with van der Waals surface area (Å²) in [5.74, 6) is -1.45. The van der Waals surface area contributed by atoms with Crippen LogP contribution in [0.3, 0.4) is 0 Å². The van der Waals surface area contributed by atoms with Gasteiger partial charge in [0.1, 0.15) is 0 Å². The second kappa shape index (κ2) is 8.06. The first-order valence-electron chi connectivity index (χ1n) is 11.0. The van der Waals surface area contributed by atoms with Gasteiger partial charge in [0.25, 0.3) is 11.7 Å². The first-order valence-corrected chi connectivity index (χ1v) is 11.0. The highest BCUT2D eigenvalue weighted by molar-refractivity contribution is 5.99. The summed E-state index contributed by atoms with van der Waals surface area (Å²) in [6, 6.07) is 10.6. The third-order valence-corrected chi connectivity index (χ3v) is 7.04. The average Bonchev–Trinajstić information content (AvgIpc) is 3.20. The Balaban J connectivity index is 1.55. The molecule has 2 aliphatic rings. The predicted molar refractivity (Wildman–Crippen MR) is 115 cm³/mol. The number of fused-ring (bicyclic) bond motifs is 2. The number of rotatable bonds is 3. The summed E-state index contributed by atoms with van der Waals surface area (Å²) >= 11 is 0. The molecule has 0 N–H and O–H groups in total. The van der Waals surface area contributed by atoms with Gasteiger partial charge >= 0.3 is 6.18 Å². The third kappa shape index (κ3) is 3.74. The summed E-state index contributed by atoms with van der Waals surface area (Å²) in [5, 5.41) is 0. The number of likely N-dealkylation sites (N-methyl/N-ethyl adjacent to an activating group) is 1. The van der Waals surface area contributed by atoms with E-state index >= 15 is 0 Å². The minimum atomic E-state index is -4.90. The van der Waals surface area contributed by atoms with E-state index in [2.05, 4.69) is 18.7 Å². The number of carbonyl (C=O) groups excluding carboxylic acids is 2. The number of Topliss-reactive ketones (excluding diaryl/α,β-unsaturated/α-hetero) is 1. The van der Waals surface area contributed by atoms with Crippen molar-refractivity contribution in [3.05, 3.63) is 58.9 Å². The van der Waals surface area contributed by atoms with Gasteiger partial charge in [0.05, 0.1) is 11.2 Å². The van der Waals surface area contributed by atoms with Gasteiger partial charge in [0.15, 0.2) is 0 Å². The molecule has 1 spiro atoms. The van der Waals surface area contributed by atoms with Gasteiger partial charge in [0.2, 0.25) is 0 Å². The largest absolute Gasteiger partial charge is 0.456 e. The average molecular weight is 448 g/mol. The lowest BCUT2D eigenvalue weighted by atomic mass is 9.81. The van der Waals surface area contributed by atoms with Gasteiger partial charge in [0, 0.05) is 37.4 Å². The van der Waals surface area contributed by atoms with Crippen molar-refractivity contribution in [2.24, 2.45) is 0 Å². The number of alkyl halides is 3. The minimum absolute atomic E-state index is 0.0306. The van der Waals surface area contributed by atoms with Crippen LogP contribution in [0.25, 0.3) is 0 Å². The standard InChI is InChI=1S/C24H28F3N3O2/c1-16(2)17-4-6-18(7-5-17)22(32)29-12-10-23(11-13-29)20-9-8-19(21(31)24(25,26)27)30(20)15-14-28(23)3/h4-9,16H,10-15H2,1-3H3. The Morgan fingerprint density at radius 1 is 0.938 bits per heavy atom. The van der Waals surface area contributed by atoms with Crippen molar-refractivity contribution < 1.29 is 22.8 Å². The number of carbonyl (C=O) groups is 2. The molecule has 32 heavy (non-hydrogen) atoms. The number of hydrogen-bond acceptors (Lipinski definition) is 3. The molecule has 1 aromatic carbocycles. The molecular weight excluding hydrogens is 419 g/mol. The van der Waals surface area contributed by atoms with Crippen LogP contribution in [0.2, 0.25) is 0 Å². The van der Waals surface area contributed by atoms with Gasteiger partial charge in [-0.2, -0.15) is 13.2 Å². The highest BCUT2D eigenvalue weighted by atomic mass is 19.4. The number of ketones is 1. The fourth-order valence-electron chi connectivity index (χ4n) is 5.03. The Kier molecular flexibility index (Phi) is 5.69. The zero-order valence-corrected chi connectivity index (χ0v) is 18.6. The summed E-state index contributed by atoms with van der Waals surface area (Å²) in [7, 11) is 1.96. The Morgan fingerprint density at radius 2 is 1.56 bits per heavy atom. The topological polar surface area (TPSA) is 45.6 Å². The second-order valence-electron chi connectivity index (χ2n) is 9.10. The van der Waals surface area contributed by atoms with E-state index in [9.17, 15) is 22.8 Å². The van der Waals surface area contributed by atoms with E-state index in [0.717, 1.165) is 5.69 Å². The molecule has 0 radical (unpaired) electrons. The Hall–Kier alpha value is -2.61. The van der Waals surface area contributed by atoms with Crippen LogP contribution in [0, 0.1) is 0 Å². The number of halogens is 3. The monoisotopic (exact) mass is 447 g/mol. The van der Waals surface area contributed by atoms with Gasteiger partial charge in [-0.05, 0) is 55.6 Å². The van der Waals surface area contributed by atoms with Crippen LogP contribution in [-0.2, 0) is 12.1 Å². The zero-order chi connectivity index (χ0) is 23.3. The van der Waals surface area contributed by atoms with E-state index in [1.807, 2.05) is 36.2 Å². The summed E-state index contributed by atoms with van der Waals surface area (Å²) in [5.41, 5.74) is 1.76. The molecule has 0 atom stereocenters. The van der Waals surface area contributed by atoms with Crippen molar-refractivity contribution in [3.63, 3.8) is 0 Å². The van der Waals surface area contributed by atoms with Crippen molar-refractivity contribution in [2.45, 2.75) is 50.9 Å². The van der Waals surface area contributed by atoms with E-state index < -0.39 is 17.5 Å². The maximum Gasteiger partial charge on any atom is 0.456 e. The number of hydrogen-bond donors (Lipinski definition) is 0. The van der Waals surface area contributed by atoms with E-state index in [1.165, 1.54) is 16.2 Å². The number of nitrogens with zero attached hydrogens (tertiary/aromatic N) is 3. The van der Waals surface area contributed by atoms with E-state index in [4.69, 9.17) is 0 Å². The summed E-state index contributed by atoms with van der Waals surface area (Å²) < 4.78 is 40.7. The lowest BCUT2D eigenvalue weighted by molar-refractivity contribution is -0.0892. The number of likely N-dealkylation sites (tertiary alicyclic amines) is 1. The Morgan fingerprint density at radius 3 is 2.12 bits per heavy atom. The van der Waals surface area contributed by atoms with Crippen LogP contribution < -0.4 is 0 Å². The number of amides is 1. The van der Waals surface area contributed by atoms with Crippen LogP contribution in [0.15, 0.2) is 36.4 Å². The van der Waals surface area contributed by atoms with Crippen molar-refractivity contribution in [3.8, 4) is 0 Å². The highest BCUT2D eigenvalue weighted by Gasteiger charge is 2.47. The van der Waals surface area contributed by atoms with Crippen LogP contribution >= 0.6 is 0 Å². The van der Waals surface area contributed by atoms with Crippen molar-refractivity contribution >= 4 is 11.7 Å². The molecule has 0 unspecified atom stereocenters. The first-order chi connectivity index (χ1) is 15.0. The van der Waals surface area contributed by atoms with Crippen molar-refractivity contribution in [1.82, 2.24) is 14.4 Å². The summed E-state index contributed by atoms with van der Waals surface area (Å²) in [6.45, 7) is 6.09. The molecule has 2 aromatic rings. The van der Waals surface area contributed by atoms with Crippen LogP contribution in [0.1, 0.15) is 64.7 Å². The molecule has 2 aliphatic heterocycles. The lowest BCUT2D eigenvalue weighted by Crippen LogP contribution is -2.56. The molecule has 3 heterocycles. The number of piperidine rings is 1. The van der Waals surface area contributed by atoms with Crippen molar-refractivity contribution in [1.29, 1.82) is 0 Å². The highest BCUT2D eigenvalue weighted by Crippen LogP contribution is 2.42. The van der Waals surface area contributed by atoms with Gasteiger partial charge in [-0.3, -0.25) is 14.5 Å². The fourth-order valence-corrected chi connectivity index (χ4v) is 5.03. The van der Waals surface area contributed by atoms with Crippen molar-refractivity contribution in [2.75, 3.05) is 26.7 Å². The van der Waals surface area contributed by atoms with Crippen LogP contribution in [0.4, 0.5) is 13.2 Å². The molecule has 0 bridgehead atoms. The quantitative estimate of drug-likeness (QED) is 0.654. The molecule has 5 nitrogen and oxygen atoms in total. The van der Waals surface area contributed by atoms with Gasteiger partial charge in [-0.25, -0.2) is 0 Å². The first kappa shape index (κ1) is 22.6. The smallest absolute Gasteiger partial charge is 0.339 e. The molecule has 8 heteroatoms. The normalized spacial score (nSPS) is 18.8. The minimum Gasteiger partial charge on any atom is -0.339 e. The zero-order valence-electron chi connectivity index (χ0n) is 18.6. The molecular formula is C24H28F3N3O2. The molecule has 0 aliphatic carbocycles. The van der Waals surface area contributed by atoms with Crippen LogP contribution in [0.5, 0.6) is 0 Å². The molecule has 4 rings (SSSR count). The van der Waals surface area contributed by atoms with E-state index in [-0.39, 0.29) is 11.6 Å². The molecule has 1 fully saturated rings. The maximum absolute atomic E-state index is 13.0. The molecule has 172 valence electrons. The van der Waals surface area contributed by atoms with Gasteiger partial charge in [-0.1, -0.05) is 26.0 Å². The Labute approximate surface area is 185 Å².